The van der Waals surface area contributed by atoms with E-state index in [2.05, 4.69) is 172 Å². The second kappa shape index (κ2) is 10.3. The van der Waals surface area contributed by atoms with Crippen molar-refractivity contribution in [3.05, 3.63) is 168 Å². The summed E-state index contributed by atoms with van der Waals surface area (Å²) in [6.45, 7) is 1.85. The number of para-hydroxylation sites is 1. The molecular weight excluding hydrogens is 574 g/mol. The van der Waals surface area contributed by atoms with Gasteiger partial charge in [0.05, 0.1) is 11.0 Å². The van der Waals surface area contributed by atoms with E-state index in [9.17, 15) is 0 Å². The fraction of sp³-hybridized carbons (Fsp3) is 0.119. The minimum absolute atomic E-state index is 0.0825. The Hall–Kier alpha value is -5.49. The van der Waals surface area contributed by atoms with E-state index in [0.717, 1.165) is 24.5 Å². The van der Waals surface area contributed by atoms with Gasteiger partial charge in [-0.1, -0.05) is 133 Å². The zero-order valence-corrected chi connectivity index (χ0v) is 25.8. The normalized spacial score (nSPS) is 23.4. The average Bonchev–Trinajstić information content (AvgIpc) is 3.52. The van der Waals surface area contributed by atoms with Gasteiger partial charge in [0.2, 0.25) is 0 Å². The van der Waals surface area contributed by atoms with Gasteiger partial charge in [-0.05, 0) is 51.2 Å². The molecule has 0 spiro atoms. The van der Waals surface area contributed by atoms with E-state index < -0.39 is 0 Å². The van der Waals surface area contributed by atoms with Crippen LogP contribution in [0.4, 0.5) is 0 Å². The molecule has 0 amide bonds. The number of hydrogen-bond donors (Lipinski definition) is 2. The average molecular weight is 608 g/mol. The number of aliphatic imine (C=N–C) groups is 1. The molecule has 10 rings (SSSR count). The van der Waals surface area contributed by atoms with Crippen molar-refractivity contribution in [2.75, 3.05) is 13.1 Å². The highest BCUT2D eigenvalue weighted by molar-refractivity contribution is 6.21. The molecule has 4 atom stereocenters. The van der Waals surface area contributed by atoms with Crippen molar-refractivity contribution in [2.24, 2.45) is 4.99 Å². The first-order chi connectivity index (χ1) is 23.2. The standard InChI is InChI=1S/C42H33N5/c1-3-11-28(12-4-1)29-19-21-32(22-20-29)40-43-39(31-14-5-2-6-15-31)44-41(45-40)33-25-42(27-46(42)26-33)47-36-18-10-9-17-35(36)38-34-16-8-7-13-30(34)23-24-37(38)47/h1-25,39-40,43H,26-27H2,(H,44,45). The molecule has 1 fully saturated rings. The zero-order valence-electron chi connectivity index (χ0n) is 25.8. The molecule has 3 aliphatic heterocycles. The number of benzene rings is 6. The first-order valence-electron chi connectivity index (χ1n) is 16.4. The highest BCUT2D eigenvalue weighted by Crippen LogP contribution is 2.50. The van der Waals surface area contributed by atoms with Crippen molar-refractivity contribution in [1.29, 1.82) is 0 Å². The van der Waals surface area contributed by atoms with Crippen LogP contribution >= 0.6 is 0 Å². The first kappa shape index (κ1) is 26.7. The van der Waals surface area contributed by atoms with Gasteiger partial charge in [0.25, 0.3) is 0 Å². The van der Waals surface area contributed by atoms with Gasteiger partial charge in [0.15, 0.2) is 0 Å². The molecule has 0 radical (unpaired) electrons. The van der Waals surface area contributed by atoms with Gasteiger partial charge in [-0.15, -0.1) is 0 Å². The van der Waals surface area contributed by atoms with Crippen LogP contribution in [0, 0.1) is 0 Å². The number of nitrogens with one attached hydrogen (secondary N) is 2. The maximum absolute atomic E-state index is 5.30. The van der Waals surface area contributed by atoms with Gasteiger partial charge in [-0.2, -0.15) is 0 Å². The first-order valence-corrected chi connectivity index (χ1v) is 16.4. The number of amidine groups is 1. The maximum atomic E-state index is 5.30. The Morgan fingerprint density at radius 1 is 0.617 bits per heavy atom. The third kappa shape index (κ3) is 4.21. The lowest BCUT2D eigenvalue weighted by Crippen LogP contribution is -2.45. The fourth-order valence-corrected chi connectivity index (χ4v) is 7.88. The Bertz CT molecular complexity index is 2370. The molecule has 1 saturated heterocycles. The lowest BCUT2D eigenvalue weighted by molar-refractivity contribution is 0.407. The third-order valence-electron chi connectivity index (χ3n) is 10.2. The maximum Gasteiger partial charge on any atom is 0.131 e. The van der Waals surface area contributed by atoms with Crippen LogP contribution in [0.5, 0.6) is 0 Å². The molecule has 7 aromatic rings. The van der Waals surface area contributed by atoms with Crippen molar-refractivity contribution in [3.63, 3.8) is 0 Å². The Balaban J connectivity index is 1.06. The van der Waals surface area contributed by atoms with E-state index >= 15 is 0 Å². The van der Waals surface area contributed by atoms with Crippen molar-refractivity contribution in [2.45, 2.75) is 18.0 Å². The zero-order chi connectivity index (χ0) is 31.0. The molecule has 47 heavy (non-hydrogen) atoms. The van der Waals surface area contributed by atoms with Crippen molar-refractivity contribution in [1.82, 2.24) is 20.1 Å². The van der Waals surface area contributed by atoms with Gasteiger partial charge in [0.1, 0.15) is 23.8 Å². The minimum atomic E-state index is -0.205. The van der Waals surface area contributed by atoms with Gasteiger partial charge in [-0.25, -0.2) is 4.99 Å². The van der Waals surface area contributed by atoms with Crippen LogP contribution < -0.4 is 10.6 Å². The number of fused-ring (bicyclic) bond motifs is 6. The van der Waals surface area contributed by atoms with Gasteiger partial charge < -0.3 is 9.88 Å². The Morgan fingerprint density at radius 2 is 1.32 bits per heavy atom. The van der Waals surface area contributed by atoms with Crippen molar-refractivity contribution in [3.8, 4) is 11.1 Å². The molecule has 5 nitrogen and oxygen atoms in total. The van der Waals surface area contributed by atoms with Crippen LogP contribution in [-0.4, -0.2) is 28.4 Å². The highest BCUT2D eigenvalue weighted by Gasteiger charge is 2.57. The van der Waals surface area contributed by atoms with Crippen LogP contribution in [0.25, 0.3) is 43.7 Å². The summed E-state index contributed by atoms with van der Waals surface area (Å²) in [5, 5.41) is 12.8. The molecule has 4 heterocycles. The van der Waals surface area contributed by atoms with E-state index in [-0.39, 0.29) is 18.0 Å². The van der Waals surface area contributed by atoms with Crippen LogP contribution in [0.1, 0.15) is 23.5 Å². The quantitative estimate of drug-likeness (QED) is 0.193. The van der Waals surface area contributed by atoms with Crippen molar-refractivity contribution < 1.29 is 0 Å². The monoisotopic (exact) mass is 607 g/mol. The molecule has 0 bridgehead atoms. The third-order valence-corrected chi connectivity index (χ3v) is 10.2. The number of nitrogens with zero attached hydrogens (tertiary/aromatic N) is 3. The molecule has 4 unspecified atom stereocenters. The minimum Gasteiger partial charge on any atom is -0.351 e. The van der Waals surface area contributed by atoms with Crippen molar-refractivity contribution >= 4 is 38.4 Å². The van der Waals surface area contributed by atoms with E-state index in [4.69, 9.17) is 4.99 Å². The van der Waals surface area contributed by atoms with Gasteiger partial charge in [-0.3, -0.25) is 10.2 Å². The highest BCUT2D eigenvalue weighted by atomic mass is 15.5. The molecule has 5 heteroatoms. The van der Waals surface area contributed by atoms with Crippen LogP contribution in [0.3, 0.4) is 0 Å². The predicted octanol–water partition coefficient (Wildman–Crippen LogP) is 8.51. The summed E-state index contributed by atoms with van der Waals surface area (Å²) < 4.78 is 2.58. The summed E-state index contributed by atoms with van der Waals surface area (Å²) in [6, 6.07) is 52.2. The molecule has 2 N–H and O–H groups in total. The summed E-state index contributed by atoms with van der Waals surface area (Å²) in [5.74, 6) is 0.965. The van der Waals surface area contributed by atoms with Gasteiger partial charge >= 0.3 is 0 Å². The molecular formula is C42H33N5. The molecule has 6 aromatic carbocycles. The Labute approximate surface area is 273 Å². The Morgan fingerprint density at radius 3 is 2.15 bits per heavy atom. The SMILES string of the molecule is C1=C(C2=NC(c3ccccc3)NC(c3ccc(-c4ccccc4)cc3)N2)CN2CC12n1c2ccccc2c2c3ccccc3ccc21. The Kier molecular flexibility index (Phi) is 5.83. The van der Waals surface area contributed by atoms with Gasteiger partial charge in [0, 0.05) is 29.4 Å². The topological polar surface area (TPSA) is 44.4 Å². The summed E-state index contributed by atoms with van der Waals surface area (Å²) >= 11 is 0. The predicted molar refractivity (Wildman–Crippen MR) is 192 cm³/mol. The number of hydrogen-bond acceptors (Lipinski definition) is 4. The number of aromatic nitrogens is 1. The van der Waals surface area contributed by atoms with E-state index in [0.29, 0.717) is 0 Å². The molecule has 0 saturated carbocycles. The molecule has 0 aliphatic carbocycles. The lowest BCUT2D eigenvalue weighted by Gasteiger charge is -2.32. The van der Waals surface area contributed by atoms with Crippen LogP contribution in [0.15, 0.2) is 162 Å². The lowest BCUT2D eigenvalue weighted by atomic mass is 10.0. The molecule has 1 aromatic heterocycles. The van der Waals surface area contributed by atoms with E-state index in [1.807, 2.05) is 0 Å². The second-order valence-electron chi connectivity index (χ2n) is 13.0. The second-order valence-corrected chi connectivity index (χ2v) is 13.0. The number of rotatable bonds is 5. The summed E-state index contributed by atoms with van der Waals surface area (Å²) in [7, 11) is 0. The smallest absolute Gasteiger partial charge is 0.131 e. The molecule has 3 aliphatic rings. The molecule has 226 valence electrons. The summed E-state index contributed by atoms with van der Waals surface area (Å²) in [4.78, 5) is 7.86. The fourth-order valence-electron chi connectivity index (χ4n) is 7.88. The summed E-state index contributed by atoms with van der Waals surface area (Å²) in [5.41, 5.74) is 8.38. The summed E-state index contributed by atoms with van der Waals surface area (Å²) in [6.07, 6.45) is 2.23. The van der Waals surface area contributed by atoms with E-state index in [1.54, 1.807) is 0 Å². The van der Waals surface area contributed by atoms with E-state index in [1.165, 1.54) is 54.8 Å². The van der Waals surface area contributed by atoms with Crippen LogP contribution in [0.2, 0.25) is 0 Å². The largest absolute Gasteiger partial charge is 0.351 e. The van der Waals surface area contributed by atoms with Crippen LogP contribution in [-0.2, 0) is 5.66 Å².